The molecule has 1 heterocycles. The Morgan fingerprint density at radius 3 is 2.74 bits per heavy atom. The first-order valence-electron chi connectivity index (χ1n) is 7.81. The second kappa shape index (κ2) is 8.16. The molecule has 104 valence electrons. The molecule has 0 fully saturated rings. The van der Waals surface area contributed by atoms with E-state index in [1.807, 2.05) is 0 Å². The van der Waals surface area contributed by atoms with Crippen LogP contribution in [0.3, 0.4) is 0 Å². The van der Waals surface area contributed by atoms with Gasteiger partial charge in [0.2, 0.25) is 0 Å². The number of benzene rings is 1. The van der Waals surface area contributed by atoms with Gasteiger partial charge in [-0.2, -0.15) is 0 Å². The predicted octanol–water partition coefficient (Wildman–Crippen LogP) is 4.65. The lowest BCUT2D eigenvalue weighted by molar-refractivity contribution is 0.243. The number of unbranched alkanes of at least 4 members (excludes halogenated alkanes) is 3. The fourth-order valence-electron chi connectivity index (χ4n) is 2.86. The zero-order valence-corrected chi connectivity index (χ0v) is 12.2. The highest BCUT2D eigenvalue weighted by atomic mass is 15.1. The van der Waals surface area contributed by atoms with Crippen molar-refractivity contribution in [3.8, 4) is 0 Å². The molecule has 0 spiro atoms. The monoisotopic (exact) mass is 257 g/mol. The third-order valence-electron chi connectivity index (χ3n) is 3.94. The summed E-state index contributed by atoms with van der Waals surface area (Å²) in [6.45, 7) is 5.72. The summed E-state index contributed by atoms with van der Waals surface area (Å²) in [4.78, 5) is 2.57. The minimum atomic E-state index is 0.773. The number of hydrogen-bond donors (Lipinski definition) is 0. The summed E-state index contributed by atoms with van der Waals surface area (Å²) in [6.07, 6.45) is 11.7. The Hall–Kier alpha value is -1.08. The number of nitrogens with zero attached hydrogens (tertiary/aromatic N) is 1. The van der Waals surface area contributed by atoms with Crippen LogP contribution in [-0.2, 0) is 6.54 Å². The molecule has 0 unspecified atom stereocenters. The average Bonchev–Trinajstić information content (AvgIpc) is 2.45. The van der Waals surface area contributed by atoms with Crippen LogP contribution in [0, 0.1) is 5.92 Å². The molecule has 0 amide bonds. The van der Waals surface area contributed by atoms with E-state index >= 15 is 0 Å². The molecule has 0 bridgehead atoms. The molecule has 0 saturated carbocycles. The standard InChI is InChI=1S/C18H27N/c1-2-3-4-6-10-18-13-9-14-19(16-18)15-17-11-7-5-8-12-17/h5,7-9,11-13,18H,2-4,6,10,14-16H2,1H3/t18-/m1/s1. The van der Waals surface area contributed by atoms with Gasteiger partial charge in [-0.3, -0.25) is 4.90 Å². The number of rotatable bonds is 7. The molecule has 1 nitrogen and oxygen atoms in total. The van der Waals surface area contributed by atoms with Crippen LogP contribution in [0.5, 0.6) is 0 Å². The van der Waals surface area contributed by atoms with Crippen molar-refractivity contribution >= 4 is 0 Å². The van der Waals surface area contributed by atoms with Crippen LogP contribution in [0.15, 0.2) is 42.5 Å². The van der Waals surface area contributed by atoms with Gasteiger partial charge < -0.3 is 0 Å². The van der Waals surface area contributed by atoms with Crippen molar-refractivity contribution in [3.63, 3.8) is 0 Å². The van der Waals surface area contributed by atoms with Crippen molar-refractivity contribution in [2.75, 3.05) is 13.1 Å². The predicted molar refractivity (Wildman–Crippen MR) is 83.1 cm³/mol. The molecule has 1 atom stereocenters. The zero-order chi connectivity index (χ0) is 13.3. The summed E-state index contributed by atoms with van der Waals surface area (Å²) < 4.78 is 0. The van der Waals surface area contributed by atoms with Crippen LogP contribution in [-0.4, -0.2) is 18.0 Å². The summed E-state index contributed by atoms with van der Waals surface area (Å²) in [6, 6.07) is 10.8. The third-order valence-corrected chi connectivity index (χ3v) is 3.94. The lowest BCUT2D eigenvalue weighted by atomic mass is 9.97. The lowest BCUT2D eigenvalue weighted by Crippen LogP contribution is -2.31. The van der Waals surface area contributed by atoms with Crippen molar-refractivity contribution in [2.45, 2.75) is 45.6 Å². The van der Waals surface area contributed by atoms with Crippen molar-refractivity contribution in [3.05, 3.63) is 48.0 Å². The molecule has 0 aliphatic carbocycles. The van der Waals surface area contributed by atoms with Gasteiger partial charge in [-0.05, 0) is 17.9 Å². The van der Waals surface area contributed by atoms with Gasteiger partial charge in [-0.25, -0.2) is 0 Å². The van der Waals surface area contributed by atoms with Crippen molar-refractivity contribution in [2.24, 2.45) is 5.92 Å². The van der Waals surface area contributed by atoms with E-state index in [4.69, 9.17) is 0 Å². The van der Waals surface area contributed by atoms with Crippen molar-refractivity contribution < 1.29 is 0 Å². The number of hydrogen-bond acceptors (Lipinski definition) is 1. The molecular formula is C18H27N. The van der Waals surface area contributed by atoms with E-state index in [-0.39, 0.29) is 0 Å². The van der Waals surface area contributed by atoms with E-state index in [1.165, 1.54) is 44.2 Å². The first-order valence-corrected chi connectivity index (χ1v) is 7.81. The van der Waals surface area contributed by atoms with Gasteiger partial charge in [0, 0.05) is 19.6 Å². The van der Waals surface area contributed by atoms with E-state index < -0.39 is 0 Å². The highest BCUT2D eigenvalue weighted by molar-refractivity contribution is 5.15. The fourth-order valence-corrected chi connectivity index (χ4v) is 2.86. The molecule has 1 heteroatoms. The van der Waals surface area contributed by atoms with Gasteiger partial charge in [-0.1, -0.05) is 75.1 Å². The molecule has 1 aliphatic rings. The molecular weight excluding hydrogens is 230 g/mol. The van der Waals surface area contributed by atoms with Gasteiger partial charge in [0.1, 0.15) is 0 Å². The van der Waals surface area contributed by atoms with Crippen molar-refractivity contribution in [1.29, 1.82) is 0 Å². The zero-order valence-electron chi connectivity index (χ0n) is 12.2. The molecule has 1 aromatic carbocycles. The smallest absolute Gasteiger partial charge is 0.0237 e. The Labute approximate surface area is 118 Å². The van der Waals surface area contributed by atoms with Crippen LogP contribution < -0.4 is 0 Å². The highest BCUT2D eigenvalue weighted by Crippen LogP contribution is 2.18. The van der Waals surface area contributed by atoms with Gasteiger partial charge in [0.15, 0.2) is 0 Å². The second-order valence-corrected chi connectivity index (χ2v) is 5.72. The maximum absolute atomic E-state index is 2.57. The Balaban J connectivity index is 1.74. The molecule has 0 saturated heterocycles. The van der Waals surface area contributed by atoms with E-state index in [1.54, 1.807) is 0 Å². The van der Waals surface area contributed by atoms with Crippen LogP contribution in [0.2, 0.25) is 0 Å². The Kier molecular flexibility index (Phi) is 6.16. The molecule has 0 N–H and O–H groups in total. The van der Waals surface area contributed by atoms with Gasteiger partial charge in [0.25, 0.3) is 0 Å². The summed E-state index contributed by atoms with van der Waals surface area (Å²) in [5.41, 5.74) is 1.43. The highest BCUT2D eigenvalue weighted by Gasteiger charge is 2.15. The summed E-state index contributed by atoms with van der Waals surface area (Å²) >= 11 is 0. The van der Waals surface area contributed by atoms with E-state index in [0.29, 0.717) is 0 Å². The Bertz CT molecular complexity index is 369. The summed E-state index contributed by atoms with van der Waals surface area (Å²) in [5.74, 6) is 0.773. The Morgan fingerprint density at radius 1 is 1.11 bits per heavy atom. The summed E-state index contributed by atoms with van der Waals surface area (Å²) in [5, 5.41) is 0. The minimum Gasteiger partial charge on any atom is -0.295 e. The second-order valence-electron chi connectivity index (χ2n) is 5.72. The van der Waals surface area contributed by atoms with Gasteiger partial charge in [0.05, 0.1) is 0 Å². The molecule has 19 heavy (non-hydrogen) atoms. The quantitative estimate of drug-likeness (QED) is 0.508. The summed E-state index contributed by atoms with van der Waals surface area (Å²) in [7, 11) is 0. The molecule has 0 radical (unpaired) electrons. The minimum absolute atomic E-state index is 0.773. The van der Waals surface area contributed by atoms with E-state index in [9.17, 15) is 0 Å². The van der Waals surface area contributed by atoms with Crippen LogP contribution in [0.4, 0.5) is 0 Å². The molecule has 2 rings (SSSR count). The van der Waals surface area contributed by atoms with E-state index in [0.717, 1.165) is 19.0 Å². The largest absolute Gasteiger partial charge is 0.295 e. The topological polar surface area (TPSA) is 3.24 Å². The Morgan fingerprint density at radius 2 is 1.95 bits per heavy atom. The fraction of sp³-hybridized carbons (Fsp3) is 0.556. The van der Waals surface area contributed by atoms with Crippen LogP contribution in [0.25, 0.3) is 0 Å². The molecule has 1 aliphatic heterocycles. The molecule has 1 aromatic rings. The van der Waals surface area contributed by atoms with Crippen LogP contribution in [0.1, 0.15) is 44.6 Å². The normalized spacial score (nSPS) is 19.7. The maximum Gasteiger partial charge on any atom is 0.0237 e. The first-order chi connectivity index (χ1) is 9.38. The third kappa shape index (κ3) is 5.20. The lowest BCUT2D eigenvalue weighted by Gasteiger charge is -2.28. The average molecular weight is 257 g/mol. The molecule has 0 aromatic heterocycles. The first kappa shape index (κ1) is 14.3. The maximum atomic E-state index is 2.57. The SMILES string of the molecule is CCCCCC[C@@H]1C=CCN(Cc2ccccc2)C1. The van der Waals surface area contributed by atoms with Crippen LogP contribution >= 0.6 is 0 Å². The van der Waals surface area contributed by atoms with E-state index in [2.05, 4.69) is 54.3 Å². The van der Waals surface area contributed by atoms with Crippen molar-refractivity contribution in [1.82, 2.24) is 4.90 Å². The van der Waals surface area contributed by atoms with Gasteiger partial charge in [-0.15, -0.1) is 0 Å². The van der Waals surface area contributed by atoms with Gasteiger partial charge >= 0.3 is 0 Å².